The lowest BCUT2D eigenvalue weighted by Crippen LogP contribution is -2.45. The second-order valence-corrected chi connectivity index (χ2v) is 7.26. The zero-order chi connectivity index (χ0) is 20.0. The Bertz CT molecular complexity index is 1200. The fourth-order valence-corrected chi connectivity index (χ4v) is 3.93. The number of ether oxygens (including phenoxy) is 1. The third-order valence-electron chi connectivity index (χ3n) is 5.65. The average Bonchev–Trinajstić information content (AvgIpc) is 3.35. The number of benzene rings is 1. The number of aromatic nitrogens is 4. The van der Waals surface area contributed by atoms with Crippen LogP contribution >= 0.6 is 0 Å². The van der Waals surface area contributed by atoms with E-state index in [4.69, 9.17) is 9.72 Å². The number of hydrogen-bond donors (Lipinski definition) is 1. The van der Waals surface area contributed by atoms with Gasteiger partial charge in [-0.15, -0.1) is 0 Å². The van der Waals surface area contributed by atoms with Gasteiger partial charge in [-0.1, -0.05) is 12.1 Å². The molecule has 146 valence electrons. The molecule has 0 aliphatic carbocycles. The first-order valence-corrected chi connectivity index (χ1v) is 9.56. The van der Waals surface area contributed by atoms with Crippen molar-refractivity contribution in [3.8, 4) is 17.0 Å². The molecule has 0 spiro atoms. The van der Waals surface area contributed by atoms with Crippen molar-refractivity contribution >= 4 is 16.9 Å². The third-order valence-corrected chi connectivity index (χ3v) is 5.65. The van der Waals surface area contributed by atoms with E-state index in [2.05, 4.69) is 10.2 Å². The fourth-order valence-electron chi connectivity index (χ4n) is 3.93. The first kappa shape index (κ1) is 17.5. The minimum absolute atomic E-state index is 0.0226. The molecule has 4 heterocycles. The number of aromatic amines is 1. The van der Waals surface area contributed by atoms with Crippen molar-refractivity contribution in [3.05, 3.63) is 66.1 Å². The van der Waals surface area contributed by atoms with Gasteiger partial charge in [-0.05, 0) is 42.3 Å². The van der Waals surface area contributed by atoms with Crippen LogP contribution in [0.5, 0.6) is 5.75 Å². The van der Waals surface area contributed by atoms with Gasteiger partial charge in [-0.2, -0.15) is 5.10 Å². The summed E-state index contributed by atoms with van der Waals surface area (Å²) in [6, 6.07) is 13.9. The van der Waals surface area contributed by atoms with E-state index >= 15 is 0 Å². The summed E-state index contributed by atoms with van der Waals surface area (Å²) in [4.78, 5) is 20.0. The van der Waals surface area contributed by atoms with Gasteiger partial charge in [0.2, 0.25) is 0 Å². The lowest BCUT2D eigenvalue weighted by atomic mass is 9.94. The molecule has 4 aromatic rings. The second-order valence-electron chi connectivity index (χ2n) is 7.26. The van der Waals surface area contributed by atoms with Crippen molar-refractivity contribution < 1.29 is 9.53 Å². The largest absolute Gasteiger partial charge is 0.497 e. The van der Waals surface area contributed by atoms with E-state index in [0.717, 1.165) is 46.6 Å². The molecule has 7 nitrogen and oxygen atoms in total. The van der Waals surface area contributed by atoms with E-state index in [1.807, 2.05) is 65.2 Å². The number of nitrogens with zero attached hydrogens (tertiary/aromatic N) is 4. The maximum absolute atomic E-state index is 13.3. The summed E-state index contributed by atoms with van der Waals surface area (Å²) >= 11 is 0. The van der Waals surface area contributed by atoms with E-state index < -0.39 is 0 Å². The number of carbonyl (C=O) groups excluding carboxylic acids is 1. The highest BCUT2D eigenvalue weighted by molar-refractivity contribution is 5.98. The quantitative estimate of drug-likeness (QED) is 0.581. The molecule has 1 saturated heterocycles. The molecular weight excluding hydrogens is 366 g/mol. The lowest BCUT2D eigenvalue weighted by molar-refractivity contribution is 0.0450. The van der Waals surface area contributed by atoms with Gasteiger partial charge in [-0.25, -0.2) is 4.98 Å². The van der Waals surface area contributed by atoms with Crippen LogP contribution in [0.15, 0.2) is 54.9 Å². The number of amides is 1. The number of aryl methyl sites for hydroxylation is 1. The Morgan fingerprint density at radius 2 is 2.14 bits per heavy atom. The summed E-state index contributed by atoms with van der Waals surface area (Å²) in [5.41, 5.74) is 4.27. The van der Waals surface area contributed by atoms with Crippen LogP contribution < -0.4 is 4.74 Å². The zero-order valence-electron chi connectivity index (χ0n) is 16.3. The molecule has 1 N–H and O–H groups in total. The fraction of sp³-hybridized carbons (Fsp3) is 0.227. The molecule has 1 aromatic carbocycles. The predicted molar refractivity (Wildman–Crippen MR) is 110 cm³/mol. The molecule has 5 rings (SSSR count). The SMILES string of the molecule is COc1cccc([C@H]2CCN2C(=O)c2cc3ccc(-c4cn[nH]c4)nc3n2C)c1. The topological polar surface area (TPSA) is 76.0 Å². The number of methoxy groups -OCH3 is 1. The van der Waals surface area contributed by atoms with Crippen LogP contribution in [0.25, 0.3) is 22.3 Å². The van der Waals surface area contributed by atoms with Gasteiger partial charge in [0.1, 0.15) is 17.1 Å². The Labute approximate surface area is 167 Å². The van der Waals surface area contributed by atoms with Crippen molar-refractivity contribution in [2.75, 3.05) is 13.7 Å². The summed E-state index contributed by atoms with van der Waals surface area (Å²) in [6.45, 7) is 0.746. The molecule has 29 heavy (non-hydrogen) atoms. The Balaban J connectivity index is 1.47. The lowest BCUT2D eigenvalue weighted by Gasteiger charge is -2.41. The summed E-state index contributed by atoms with van der Waals surface area (Å²) in [7, 11) is 3.55. The van der Waals surface area contributed by atoms with Gasteiger partial charge in [0.05, 0.1) is 25.0 Å². The van der Waals surface area contributed by atoms with E-state index in [9.17, 15) is 4.79 Å². The van der Waals surface area contributed by atoms with Crippen LogP contribution in [-0.2, 0) is 7.05 Å². The average molecular weight is 387 g/mol. The van der Waals surface area contributed by atoms with Gasteiger partial charge < -0.3 is 14.2 Å². The van der Waals surface area contributed by atoms with E-state index in [-0.39, 0.29) is 11.9 Å². The molecule has 3 aromatic heterocycles. The Morgan fingerprint density at radius 3 is 2.86 bits per heavy atom. The normalized spacial score (nSPS) is 16.1. The Morgan fingerprint density at radius 1 is 1.24 bits per heavy atom. The first-order chi connectivity index (χ1) is 14.2. The summed E-state index contributed by atoms with van der Waals surface area (Å²) < 4.78 is 7.21. The molecule has 1 atom stereocenters. The molecular formula is C22H21N5O2. The van der Waals surface area contributed by atoms with Crippen molar-refractivity contribution in [3.63, 3.8) is 0 Å². The molecule has 0 saturated carbocycles. The van der Waals surface area contributed by atoms with Crippen molar-refractivity contribution in [2.45, 2.75) is 12.5 Å². The highest BCUT2D eigenvalue weighted by Crippen LogP contribution is 2.36. The summed E-state index contributed by atoms with van der Waals surface area (Å²) in [6.07, 6.45) is 4.50. The first-order valence-electron chi connectivity index (χ1n) is 9.56. The van der Waals surface area contributed by atoms with Gasteiger partial charge >= 0.3 is 0 Å². The number of fused-ring (bicyclic) bond motifs is 1. The van der Waals surface area contributed by atoms with Gasteiger partial charge in [-0.3, -0.25) is 9.89 Å². The van der Waals surface area contributed by atoms with Crippen molar-refractivity contribution in [1.82, 2.24) is 24.6 Å². The molecule has 1 amide bonds. The van der Waals surface area contributed by atoms with Crippen molar-refractivity contribution in [2.24, 2.45) is 7.05 Å². The maximum Gasteiger partial charge on any atom is 0.271 e. The molecule has 1 aliphatic rings. The summed E-state index contributed by atoms with van der Waals surface area (Å²) in [5, 5.41) is 7.74. The van der Waals surface area contributed by atoms with E-state index in [1.54, 1.807) is 13.3 Å². The van der Waals surface area contributed by atoms with Gasteiger partial charge in [0, 0.05) is 30.7 Å². The number of pyridine rings is 1. The molecule has 1 aliphatic heterocycles. The molecule has 1 fully saturated rings. The minimum atomic E-state index is 0.0226. The number of H-pyrrole nitrogens is 1. The predicted octanol–water partition coefficient (Wildman–Crippen LogP) is 3.56. The third kappa shape index (κ3) is 2.86. The number of nitrogens with one attached hydrogen (secondary N) is 1. The molecule has 0 bridgehead atoms. The van der Waals surface area contributed by atoms with Crippen LogP contribution in [0.4, 0.5) is 0 Å². The molecule has 0 unspecified atom stereocenters. The van der Waals surface area contributed by atoms with Crippen LogP contribution in [0.1, 0.15) is 28.5 Å². The second kappa shape index (κ2) is 6.77. The van der Waals surface area contributed by atoms with Crippen molar-refractivity contribution in [1.29, 1.82) is 0 Å². The summed E-state index contributed by atoms with van der Waals surface area (Å²) in [5.74, 6) is 0.830. The maximum atomic E-state index is 13.3. The van der Waals surface area contributed by atoms with E-state index in [1.165, 1.54) is 0 Å². The van der Waals surface area contributed by atoms with Crippen LogP contribution in [-0.4, -0.2) is 44.2 Å². The Hall–Kier alpha value is -3.61. The Kier molecular flexibility index (Phi) is 4.08. The van der Waals surface area contributed by atoms with Crippen LogP contribution in [0, 0.1) is 0 Å². The standard InChI is InChI=1S/C22H21N5O2/c1-26-20(11-15-6-7-18(25-21(15)26)16-12-23-24-13-16)22(28)27-9-8-19(27)14-4-3-5-17(10-14)29-2/h3-7,10-13,19H,8-9H2,1-2H3,(H,23,24)/t19-/m1/s1. The number of hydrogen-bond acceptors (Lipinski definition) is 4. The van der Waals surface area contributed by atoms with Gasteiger partial charge in [0.25, 0.3) is 5.91 Å². The highest BCUT2D eigenvalue weighted by atomic mass is 16.5. The highest BCUT2D eigenvalue weighted by Gasteiger charge is 2.35. The van der Waals surface area contributed by atoms with Gasteiger partial charge in [0.15, 0.2) is 0 Å². The van der Waals surface area contributed by atoms with Crippen LogP contribution in [0.3, 0.4) is 0 Å². The molecule has 7 heteroatoms. The number of likely N-dealkylation sites (tertiary alicyclic amines) is 1. The zero-order valence-corrected chi connectivity index (χ0v) is 16.3. The minimum Gasteiger partial charge on any atom is -0.497 e. The molecule has 0 radical (unpaired) electrons. The number of rotatable bonds is 4. The van der Waals surface area contributed by atoms with Crippen LogP contribution in [0.2, 0.25) is 0 Å². The number of carbonyl (C=O) groups is 1. The monoisotopic (exact) mass is 387 g/mol. The smallest absolute Gasteiger partial charge is 0.271 e. The van der Waals surface area contributed by atoms with E-state index in [0.29, 0.717) is 5.69 Å².